The molecule has 1 aromatic heterocycles. The Morgan fingerprint density at radius 2 is 1.88 bits per heavy atom. The van der Waals surface area contributed by atoms with Gasteiger partial charge in [0.15, 0.2) is 5.78 Å². The molecule has 0 amide bonds. The van der Waals surface area contributed by atoms with Gasteiger partial charge in [-0.05, 0) is 68.4 Å². The molecule has 0 N–H and O–H groups in total. The standard InChI is InChI=1S/C12H8Br2OS2/c1-16-8-4-2-7(3-5-8)11(15)9-6-10(13)17-12(9)14/h2-6H,1H3. The Hall–Kier alpha value is -0.100. The molecule has 1 heterocycles. The van der Waals surface area contributed by atoms with Gasteiger partial charge in [0.1, 0.15) is 0 Å². The third-order valence-electron chi connectivity index (χ3n) is 2.25. The summed E-state index contributed by atoms with van der Waals surface area (Å²) in [6, 6.07) is 9.51. The fourth-order valence-corrected chi connectivity index (χ4v) is 4.59. The first-order chi connectivity index (χ1) is 8.11. The van der Waals surface area contributed by atoms with Crippen molar-refractivity contribution in [3.8, 4) is 0 Å². The monoisotopic (exact) mass is 390 g/mol. The summed E-state index contributed by atoms with van der Waals surface area (Å²) >= 11 is 9.96. The molecule has 0 spiro atoms. The van der Waals surface area contributed by atoms with E-state index in [1.165, 1.54) is 11.3 Å². The Morgan fingerprint density at radius 3 is 2.35 bits per heavy atom. The number of carbonyl (C=O) groups is 1. The molecule has 2 rings (SSSR count). The predicted molar refractivity (Wildman–Crippen MR) is 81.4 cm³/mol. The van der Waals surface area contributed by atoms with E-state index in [-0.39, 0.29) is 5.78 Å². The van der Waals surface area contributed by atoms with Crippen molar-refractivity contribution in [3.05, 3.63) is 49.0 Å². The first kappa shape index (κ1) is 13.3. The maximum absolute atomic E-state index is 12.2. The number of hydrogen-bond acceptors (Lipinski definition) is 3. The molecule has 0 saturated heterocycles. The van der Waals surface area contributed by atoms with Crippen molar-refractivity contribution in [1.82, 2.24) is 0 Å². The fourth-order valence-electron chi connectivity index (χ4n) is 1.39. The lowest BCUT2D eigenvalue weighted by atomic mass is 10.1. The fraction of sp³-hybridized carbons (Fsp3) is 0.0833. The van der Waals surface area contributed by atoms with Crippen molar-refractivity contribution in [2.75, 3.05) is 6.26 Å². The molecular formula is C12H8Br2OS2. The first-order valence-corrected chi connectivity index (χ1v) is 8.38. The van der Waals surface area contributed by atoms with E-state index in [0.717, 1.165) is 12.5 Å². The van der Waals surface area contributed by atoms with Crippen LogP contribution in [0.4, 0.5) is 0 Å². The van der Waals surface area contributed by atoms with Crippen LogP contribution in [0.15, 0.2) is 42.8 Å². The maximum Gasteiger partial charge on any atom is 0.195 e. The number of ketones is 1. The minimum absolute atomic E-state index is 0.0477. The Morgan fingerprint density at radius 1 is 1.24 bits per heavy atom. The number of halogens is 2. The van der Waals surface area contributed by atoms with Gasteiger partial charge in [-0.2, -0.15) is 0 Å². The molecule has 1 aromatic carbocycles. The quantitative estimate of drug-likeness (QED) is 0.526. The third-order valence-corrected chi connectivity index (χ3v) is 5.34. The van der Waals surface area contributed by atoms with E-state index in [1.54, 1.807) is 11.8 Å². The van der Waals surface area contributed by atoms with Crippen LogP contribution < -0.4 is 0 Å². The van der Waals surface area contributed by atoms with Crippen LogP contribution in [0.2, 0.25) is 0 Å². The molecule has 0 saturated carbocycles. The summed E-state index contributed by atoms with van der Waals surface area (Å²) < 4.78 is 1.82. The normalized spacial score (nSPS) is 10.5. The molecular weight excluding hydrogens is 384 g/mol. The summed E-state index contributed by atoms with van der Waals surface area (Å²) in [6.07, 6.45) is 2.02. The molecule has 1 nitrogen and oxygen atoms in total. The zero-order valence-electron chi connectivity index (χ0n) is 8.87. The topological polar surface area (TPSA) is 17.1 Å². The Bertz CT molecular complexity index is 546. The Labute approximate surface area is 125 Å². The molecule has 0 bridgehead atoms. The molecule has 0 aliphatic rings. The number of thioether (sulfide) groups is 1. The predicted octanol–water partition coefficient (Wildman–Crippen LogP) is 5.23. The number of hydrogen-bond donors (Lipinski definition) is 0. The van der Waals surface area contributed by atoms with E-state index in [4.69, 9.17) is 0 Å². The molecule has 5 heteroatoms. The lowest BCUT2D eigenvalue weighted by Gasteiger charge is -2.01. The average Bonchev–Trinajstić information content (AvgIpc) is 2.68. The van der Waals surface area contributed by atoms with E-state index in [2.05, 4.69) is 31.9 Å². The lowest BCUT2D eigenvalue weighted by molar-refractivity contribution is 0.103. The zero-order chi connectivity index (χ0) is 12.4. The van der Waals surface area contributed by atoms with E-state index in [9.17, 15) is 4.79 Å². The molecule has 0 unspecified atom stereocenters. The van der Waals surface area contributed by atoms with E-state index in [0.29, 0.717) is 11.1 Å². The average molecular weight is 392 g/mol. The van der Waals surface area contributed by atoms with Crippen molar-refractivity contribution >= 4 is 60.7 Å². The highest BCUT2D eigenvalue weighted by Gasteiger charge is 2.15. The second-order valence-corrected chi connectivity index (χ2v) is 7.92. The smallest absolute Gasteiger partial charge is 0.195 e. The van der Waals surface area contributed by atoms with Crippen LogP contribution >= 0.6 is 55.0 Å². The largest absolute Gasteiger partial charge is 0.289 e. The second kappa shape index (κ2) is 5.69. The first-order valence-electron chi connectivity index (χ1n) is 4.75. The SMILES string of the molecule is CSc1ccc(C(=O)c2cc(Br)sc2Br)cc1. The maximum atomic E-state index is 12.2. The van der Waals surface area contributed by atoms with Crippen LogP contribution in [0.5, 0.6) is 0 Å². The van der Waals surface area contributed by atoms with Crippen molar-refractivity contribution < 1.29 is 4.79 Å². The third kappa shape index (κ3) is 3.02. The highest BCUT2D eigenvalue weighted by atomic mass is 79.9. The molecule has 0 fully saturated rings. The number of benzene rings is 1. The van der Waals surface area contributed by atoms with Gasteiger partial charge >= 0.3 is 0 Å². The highest BCUT2D eigenvalue weighted by Crippen LogP contribution is 2.33. The van der Waals surface area contributed by atoms with Crippen LogP contribution in [-0.2, 0) is 0 Å². The molecule has 0 aliphatic carbocycles. The van der Waals surface area contributed by atoms with Crippen molar-refractivity contribution in [2.24, 2.45) is 0 Å². The lowest BCUT2D eigenvalue weighted by Crippen LogP contribution is -1.99. The van der Waals surface area contributed by atoms with E-state index < -0.39 is 0 Å². The summed E-state index contributed by atoms with van der Waals surface area (Å²) in [5.74, 6) is 0.0477. The summed E-state index contributed by atoms with van der Waals surface area (Å²) in [6.45, 7) is 0. The van der Waals surface area contributed by atoms with Gasteiger partial charge in [0.05, 0.1) is 7.57 Å². The molecule has 17 heavy (non-hydrogen) atoms. The summed E-state index contributed by atoms with van der Waals surface area (Å²) in [4.78, 5) is 13.4. The Kier molecular flexibility index (Phi) is 4.47. The number of rotatable bonds is 3. The van der Waals surface area contributed by atoms with Gasteiger partial charge < -0.3 is 0 Å². The van der Waals surface area contributed by atoms with E-state index in [1.807, 2.05) is 36.6 Å². The molecule has 0 aliphatic heterocycles. The molecule has 0 radical (unpaired) electrons. The molecule has 2 aromatic rings. The van der Waals surface area contributed by atoms with Gasteiger partial charge in [-0.25, -0.2) is 0 Å². The number of thiophene rings is 1. The van der Waals surface area contributed by atoms with Crippen molar-refractivity contribution in [1.29, 1.82) is 0 Å². The van der Waals surface area contributed by atoms with Gasteiger partial charge in [0.2, 0.25) is 0 Å². The highest BCUT2D eigenvalue weighted by molar-refractivity contribution is 9.12. The number of carbonyl (C=O) groups excluding carboxylic acids is 1. The van der Waals surface area contributed by atoms with Crippen LogP contribution in [0.25, 0.3) is 0 Å². The van der Waals surface area contributed by atoms with Crippen LogP contribution in [-0.4, -0.2) is 12.0 Å². The summed E-state index contributed by atoms with van der Waals surface area (Å²) in [7, 11) is 0. The molecule has 88 valence electrons. The zero-order valence-corrected chi connectivity index (χ0v) is 13.7. The van der Waals surface area contributed by atoms with Crippen LogP contribution in [0, 0.1) is 0 Å². The van der Waals surface area contributed by atoms with Crippen molar-refractivity contribution in [2.45, 2.75) is 4.90 Å². The second-order valence-electron chi connectivity index (χ2n) is 3.30. The van der Waals surface area contributed by atoms with Gasteiger partial charge in [-0.3, -0.25) is 4.79 Å². The van der Waals surface area contributed by atoms with Gasteiger partial charge in [-0.1, -0.05) is 0 Å². The Balaban J connectivity index is 2.33. The van der Waals surface area contributed by atoms with Crippen molar-refractivity contribution in [3.63, 3.8) is 0 Å². The van der Waals surface area contributed by atoms with Crippen LogP contribution in [0.3, 0.4) is 0 Å². The minimum atomic E-state index is 0.0477. The van der Waals surface area contributed by atoms with Crippen LogP contribution in [0.1, 0.15) is 15.9 Å². The van der Waals surface area contributed by atoms with E-state index >= 15 is 0 Å². The summed E-state index contributed by atoms with van der Waals surface area (Å²) in [5.41, 5.74) is 1.42. The summed E-state index contributed by atoms with van der Waals surface area (Å²) in [5, 5.41) is 0. The van der Waals surface area contributed by atoms with Gasteiger partial charge in [-0.15, -0.1) is 23.1 Å². The minimum Gasteiger partial charge on any atom is -0.289 e. The van der Waals surface area contributed by atoms with Gasteiger partial charge in [0, 0.05) is 16.0 Å². The van der Waals surface area contributed by atoms with Gasteiger partial charge in [0.25, 0.3) is 0 Å². The molecule has 0 atom stereocenters.